The van der Waals surface area contributed by atoms with Crippen LogP contribution in [0.5, 0.6) is 5.75 Å². The van der Waals surface area contributed by atoms with E-state index in [4.69, 9.17) is 21.1 Å². The van der Waals surface area contributed by atoms with Gasteiger partial charge in [0.1, 0.15) is 11.6 Å². The molecule has 2 aromatic carbocycles. The Balaban J connectivity index is 1.56. The second kappa shape index (κ2) is 12.6. The molecule has 0 saturated carbocycles. The monoisotopic (exact) mass is 516 g/mol. The summed E-state index contributed by atoms with van der Waals surface area (Å²) in [7, 11) is 2.97. The lowest BCUT2D eigenvalue weighted by Gasteiger charge is -2.10. The van der Waals surface area contributed by atoms with Crippen molar-refractivity contribution in [2.75, 3.05) is 25.3 Å². The Morgan fingerprint density at radius 1 is 1.11 bits per heavy atom. The topological polar surface area (TPSA) is 95.3 Å². The molecule has 0 atom stereocenters. The third-order valence-electron chi connectivity index (χ3n) is 5.43. The summed E-state index contributed by atoms with van der Waals surface area (Å²) >= 11 is 7.47. The van der Waals surface area contributed by atoms with Crippen molar-refractivity contribution in [3.63, 3.8) is 0 Å². The third-order valence-corrected chi connectivity index (χ3v) is 6.73. The maximum Gasteiger partial charge on any atom is 0.337 e. The minimum Gasteiger partial charge on any atom is -0.496 e. The van der Waals surface area contributed by atoms with Crippen LogP contribution in [0.1, 0.15) is 40.7 Å². The number of hydrogen-bond acceptors (Lipinski definition) is 7. The lowest BCUT2D eigenvalue weighted by Crippen LogP contribution is -2.15. The number of thioether (sulfide) groups is 1. The lowest BCUT2D eigenvalue weighted by atomic mass is 10.0. The van der Waals surface area contributed by atoms with E-state index in [0.29, 0.717) is 28.0 Å². The van der Waals surface area contributed by atoms with Crippen LogP contribution in [0.15, 0.2) is 41.6 Å². The SMILES string of the molecule is CCn1c(CCCc2ccc(OC)c(C)c2)nnc1SCC(=O)Nc1cc(C(=O)OC)ccc1Cl. The first-order valence-electron chi connectivity index (χ1n) is 11.2. The molecular weight excluding hydrogens is 488 g/mol. The van der Waals surface area contributed by atoms with Crippen molar-refractivity contribution in [2.45, 2.75) is 44.8 Å². The number of benzene rings is 2. The van der Waals surface area contributed by atoms with Crippen molar-refractivity contribution < 1.29 is 19.1 Å². The molecule has 186 valence electrons. The van der Waals surface area contributed by atoms with Gasteiger partial charge in [-0.15, -0.1) is 10.2 Å². The van der Waals surface area contributed by atoms with Crippen LogP contribution in [-0.4, -0.2) is 46.6 Å². The van der Waals surface area contributed by atoms with Gasteiger partial charge in [0.2, 0.25) is 5.91 Å². The van der Waals surface area contributed by atoms with Crippen LogP contribution in [0.4, 0.5) is 5.69 Å². The van der Waals surface area contributed by atoms with Crippen LogP contribution in [0.3, 0.4) is 0 Å². The summed E-state index contributed by atoms with van der Waals surface area (Å²) in [5.41, 5.74) is 3.04. The molecule has 1 aromatic heterocycles. The van der Waals surface area contributed by atoms with Crippen molar-refractivity contribution in [1.82, 2.24) is 14.8 Å². The zero-order valence-electron chi connectivity index (χ0n) is 20.3. The lowest BCUT2D eigenvalue weighted by molar-refractivity contribution is -0.113. The van der Waals surface area contributed by atoms with Crippen molar-refractivity contribution in [3.05, 3.63) is 63.9 Å². The molecule has 1 N–H and O–H groups in total. The number of nitrogens with one attached hydrogen (secondary N) is 1. The smallest absolute Gasteiger partial charge is 0.337 e. The van der Waals surface area contributed by atoms with Gasteiger partial charge in [-0.25, -0.2) is 4.79 Å². The molecule has 35 heavy (non-hydrogen) atoms. The minimum absolute atomic E-state index is 0.127. The highest BCUT2D eigenvalue weighted by atomic mass is 35.5. The predicted octanol–water partition coefficient (Wildman–Crippen LogP) is 4.96. The Morgan fingerprint density at radius 3 is 2.60 bits per heavy atom. The third kappa shape index (κ3) is 6.99. The number of anilines is 1. The number of carbonyl (C=O) groups is 2. The standard InChI is InChI=1S/C25H29ClN4O4S/c1-5-30-22(8-6-7-17-9-12-21(33-3)16(2)13-17)28-29-25(30)35-15-23(31)27-20-14-18(24(32)34-4)10-11-19(20)26/h9-14H,5-8,15H2,1-4H3,(H,27,31). The zero-order chi connectivity index (χ0) is 25.4. The first-order valence-corrected chi connectivity index (χ1v) is 12.6. The van der Waals surface area contributed by atoms with Crippen LogP contribution in [0.2, 0.25) is 5.02 Å². The normalized spacial score (nSPS) is 10.8. The van der Waals surface area contributed by atoms with Gasteiger partial charge in [0.25, 0.3) is 0 Å². The Kier molecular flexibility index (Phi) is 9.56. The minimum atomic E-state index is -0.503. The number of hydrogen-bond donors (Lipinski definition) is 1. The summed E-state index contributed by atoms with van der Waals surface area (Å²) in [6.45, 7) is 4.78. The Labute approximate surface area is 214 Å². The summed E-state index contributed by atoms with van der Waals surface area (Å²) in [6.07, 6.45) is 2.65. The number of aryl methyl sites for hydroxylation is 3. The molecule has 1 amide bonds. The van der Waals surface area contributed by atoms with Gasteiger partial charge in [-0.2, -0.15) is 0 Å². The fraction of sp³-hybridized carbons (Fsp3) is 0.360. The van der Waals surface area contributed by atoms with E-state index in [9.17, 15) is 9.59 Å². The number of nitrogens with zero attached hydrogens (tertiary/aromatic N) is 3. The number of methoxy groups -OCH3 is 2. The second-order valence-electron chi connectivity index (χ2n) is 7.82. The van der Waals surface area contributed by atoms with Gasteiger partial charge in [0, 0.05) is 13.0 Å². The molecular formula is C25H29ClN4O4S. The van der Waals surface area contributed by atoms with Crippen molar-refractivity contribution in [2.24, 2.45) is 0 Å². The maximum atomic E-state index is 12.5. The van der Waals surface area contributed by atoms with Crippen molar-refractivity contribution in [1.29, 1.82) is 0 Å². The molecule has 3 rings (SSSR count). The van der Waals surface area contributed by atoms with E-state index in [1.165, 1.54) is 30.5 Å². The van der Waals surface area contributed by atoms with Gasteiger partial charge in [-0.3, -0.25) is 4.79 Å². The Morgan fingerprint density at radius 2 is 1.91 bits per heavy atom. The fourth-order valence-corrected chi connectivity index (χ4v) is 4.64. The van der Waals surface area contributed by atoms with E-state index in [1.807, 2.05) is 24.5 Å². The first-order chi connectivity index (χ1) is 16.9. The molecule has 0 saturated heterocycles. The largest absolute Gasteiger partial charge is 0.496 e. The number of aromatic nitrogens is 3. The molecule has 0 aliphatic rings. The van der Waals surface area contributed by atoms with Crippen LogP contribution >= 0.6 is 23.4 Å². The highest BCUT2D eigenvalue weighted by Crippen LogP contribution is 2.25. The maximum absolute atomic E-state index is 12.5. The summed E-state index contributed by atoms with van der Waals surface area (Å²) in [6, 6.07) is 10.8. The molecule has 0 radical (unpaired) electrons. The summed E-state index contributed by atoms with van der Waals surface area (Å²) in [5, 5.41) is 12.4. The van der Waals surface area contributed by atoms with Crippen LogP contribution < -0.4 is 10.1 Å². The molecule has 3 aromatic rings. The van der Waals surface area contributed by atoms with Crippen molar-refractivity contribution >= 4 is 40.9 Å². The van der Waals surface area contributed by atoms with E-state index in [2.05, 4.69) is 27.6 Å². The van der Waals surface area contributed by atoms with E-state index in [-0.39, 0.29) is 11.7 Å². The Hall–Kier alpha value is -3.04. The van der Waals surface area contributed by atoms with E-state index in [1.54, 1.807) is 19.2 Å². The molecule has 0 bridgehead atoms. The van der Waals surface area contributed by atoms with Crippen LogP contribution in [-0.2, 0) is 28.9 Å². The quantitative estimate of drug-likeness (QED) is 0.284. The molecule has 0 spiro atoms. The van der Waals surface area contributed by atoms with Crippen LogP contribution in [0.25, 0.3) is 0 Å². The molecule has 0 unspecified atom stereocenters. The molecule has 0 aliphatic carbocycles. The highest BCUT2D eigenvalue weighted by molar-refractivity contribution is 7.99. The Bertz CT molecular complexity index is 1200. The van der Waals surface area contributed by atoms with E-state index in [0.717, 1.165) is 36.4 Å². The summed E-state index contributed by atoms with van der Waals surface area (Å²) in [5.74, 6) is 1.15. The first kappa shape index (κ1) is 26.6. The molecule has 0 fully saturated rings. The van der Waals surface area contributed by atoms with Gasteiger partial charge < -0.3 is 19.4 Å². The molecule has 0 aliphatic heterocycles. The second-order valence-corrected chi connectivity index (χ2v) is 9.17. The van der Waals surface area contributed by atoms with Crippen LogP contribution in [0, 0.1) is 6.92 Å². The number of ether oxygens (including phenoxy) is 2. The number of amides is 1. The number of halogens is 1. The van der Waals surface area contributed by atoms with Gasteiger partial charge in [0.05, 0.1) is 36.2 Å². The molecule has 8 nitrogen and oxygen atoms in total. The predicted molar refractivity (Wildman–Crippen MR) is 138 cm³/mol. The summed E-state index contributed by atoms with van der Waals surface area (Å²) in [4.78, 5) is 24.3. The molecule has 10 heteroatoms. The number of esters is 1. The number of rotatable bonds is 11. The molecule has 1 heterocycles. The van der Waals surface area contributed by atoms with E-state index < -0.39 is 5.97 Å². The van der Waals surface area contributed by atoms with Crippen molar-refractivity contribution in [3.8, 4) is 5.75 Å². The zero-order valence-corrected chi connectivity index (χ0v) is 21.8. The van der Waals surface area contributed by atoms with E-state index >= 15 is 0 Å². The fourth-order valence-electron chi connectivity index (χ4n) is 3.66. The average Bonchev–Trinajstić information content (AvgIpc) is 3.25. The average molecular weight is 517 g/mol. The highest BCUT2D eigenvalue weighted by Gasteiger charge is 2.15. The van der Waals surface area contributed by atoms with Gasteiger partial charge in [-0.1, -0.05) is 35.5 Å². The van der Waals surface area contributed by atoms with Gasteiger partial charge in [-0.05, 0) is 62.1 Å². The van der Waals surface area contributed by atoms with Gasteiger partial charge in [0.15, 0.2) is 5.16 Å². The summed E-state index contributed by atoms with van der Waals surface area (Å²) < 4.78 is 12.1. The van der Waals surface area contributed by atoms with Gasteiger partial charge >= 0.3 is 5.97 Å². The number of carbonyl (C=O) groups excluding carboxylic acids is 2.